The first-order chi connectivity index (χ1) is 73.2. The molecule has 8 aromatic rings. The second kappa shape index (κ2) is 87.9. The summed E-state index contributed by atoms with van der Waals surface area (Å²) in [7, 11) is 0. The highest BCUT2D eigenvalue weighted by molar-refractivity contribution is 7.30. The molecule has 6 heterocycles. The molecule has 0 radical (unpaired) electrons. The van der Waals surface area contributed by atoms with Gasteiger partial charge in [-0.3, -0.25) is 9.59 Å². The van der Waals surface area contributed by atoms with Crippen molar-refractivity contribution in [3.8, 4) is 83.3 Å². The summed E-state index contributed by atoms with van der Waals surface area (Å²) >= 11 is 10.4. The third-order valence-electron chi connectivity index (χ3n) is 30.4. The third-order valence-corrected chi connectivity index (χ3v) is 37.9. The Morgan fingerprint density at radius 2 is 0.277 bits per heavy atom. The van der Waals surface area contributed by atoms with Gasteiger partial charge in [-0.2, -0.15) is 0 Å². The van der Waals surface area contributed by atoms with Crippen molar-refractivity contribution in [1.29, 1.82) is 0 Å². The second-order valence-corrected chi connectivity index (χ2v) is 50.4. The first kappa shape index (κ1) is 128. The molecular formula is C134H214O8S6. The van der Waals surface area contributed by atoms with Crippen molar-refractivity contribution in [2.75, 3.05) is 39.6 Å². The van der Waals surface area contributed by atoms with E-state index in [0.717, 1.165) is 96.6 Å². The standard InChI is InChI=1S/C134H214O8S6/c1-7-13-19-25-31-37-43-49-55-61-67-73-79-85-103-137-115-109-113(110-116(138-104-86-80-74-68-62-56-50-44-38-32-26-20-14-8-2)133(115)141-107-89-83-77-71-65-59-53-47-41-35-29-23-17-11-5)131(135)129-101-99-127(147-129)125-97-95-123(145-125)121-93-91-119(143-121)120-92-94-122(144-120)124-96-98-126(146-124)128-100-102-130(148-128)132(136)114-111-117(139-105-87-81-75-69-63-57-51-45-39-33-27-21-15-9-3)134(142-108-90-84-78-72-66-60-54-48-42-36-30-24-18-12-6)118(112-114)140-106-88-82-76-70-64-58-52-46-40-34-28-22-16-10-4/h91-102,109-112H,7-90,103-108H2,1-6H3. The fourth-order valence-corrected chi connectivity index (χ4v) is 27.3. The normalized spacial score (nSPS) is 11.6. The average molecular weight is 2150 g/mol. The highest BCUT2D eigenvalue weighted by atomic mass is 32.1. The summed E-state index contributed by atoms with van der Waals surface area (Å²) in [5.41, 5.74) is 1.18. The van der Waals surface area contributed by atoms with Crippen molar-refractivity contribution >= 4 is 79.6 Å². The lowest BCUT2D eigenvalue weighted by atomic mass is 10.0. The molecule has 0 bridgehead atoms. The minimum Gasteiger partial charge on any atom is -0.490 e. The van der Waals surface area contributed by atoms with Gasteiger partial charge in [0, 0.05) is 59.9 Å². The van der Waals surface area contributed by atoms with Crippen LogP contribution in [0.25, 0.3) is 48.8 Å². The number of carbonyl (C=O) groups excluding carboxylic acids is 2. The summed E-state index contributed by atoms with van der Waals surface area (Å²) in [6.07, 6.45) is 110. The summed E-state index contributed by atoms with van der Waals surface area (Å²) in [5.74, 6) is 3.85. The number of ketones is 2. The number of benzene rings is 2. The fraction of sp³-hybridized carbons (Fsp3) is 0.716. The summed E-state index contributed by atoms with van der Waals surface area (Å²) in [6.45, 7) is 17.3. The van der Waals surface area contributed by atoms with Gasteiger partial charge >= 0.3 is 0 Å². The molecule has 0 saturated carbocycles. The predicted molar refractivity (Wildman–Crippen MR) is 655 cm³/mol. The molecule has 0 atom stereocenters. The van der Waals surface area contributed by atoms with E-state index < -0.39 is 0 Å². The van der Waals surface area contributed by atoms with E-state index in [9.17, 15) is 0 Å². The Hall–Kier alpha value is -5.22. The van der Waals surface area contributed by atoms with Crippen molar-refractivity contribution in [3.63, 3.8) is 0 Å². The van der Waals surface area contributed by atoms with Crippen LogP contribution in [0.15, 0.2) is 97.1 Å². The van der Waals surface area contributed by atoms with Crippen molar-refractivity contribution in [2.45, 2.75) is 581 Å². The van der Waals surface area contributed by atoms with Gasteiger partial charge in [0.1, 0.15) is 0 Å². The first-order valence-corrected chi connectivity index (χ1v) is 68.0. The molecule has 0 unspecified atom stereocenters. The number of ether oxygens (including phenoxy) is 6. The van der Waals surface area contributed by atoms with E-state index in [-0.39, 0.29) is 11.6 Å². The molecule has 0 spiro atoms. The van der Waals surface area contributed by atoms with Crippen LogP contribution in [0.2, 0.25) is 0 Å². The summed E-state index contributed by atoms with van der Waals surface area (Å²) in [4.78, 5) is 43.6. The molecule has 14 heteroatoms. The molecule has 0 amide bonds. The van der Waals surface area contributed by atoms with E-state index in [4.69, 9.17) is 28.4 Å². The van der Waals surface area contributed by atoms with Crippen LogP contribution in [0.1, 0.15) is 611 Å². The lowest BCUT2D eigenvalue weighted by Crippen LogP contribution is -2.09. The van der Waals surface area contributed by atoms with Gasteiger partial charge in [-0.15, -0.1) is 68.0 Å². The van der Waals surface area contributed by atoms with Gasteiger partial charge in [0.05, 0.1) is 49.4 Å². The number of hydrogen-bond donors (Lipinski definition) is 0. The number of thiophene rings is 6. The molecule has 0 aliphatic heterocycles. The SMILES string of the molecule is CCCCCCCCCCCCCCCCOc1cc(C(=O)c2ccc(-c3ccc(-c4ccc(-c5ccc(-c6ccc(-c7ccc(C(=O)c8cc(OCCCCCCCCCCCCCCCC)c(OCCCCCCCCCCCCCCCC)c(OCCCCCCCCCCCCCCCC)c8)s7)s6)s5)s4)s3)s2)cc(OCCCCCCCCCCCCCCCC)c1OCCCCCCCCCCCCCCCC. The molecule has 0 aliphatic rings. The van der Waals surface area contributed by atoms with Crippen LogP contribution >= 0.6 is 68.0 Å². The zero-order valence-corrected chi connectivity index (χ0v) is 100. The molecule has 0 fully saturated rings. The van der Waals surface area contributed by atoms with Gasteiger partial charge in [-0.05, 0) is 136 Å². The fourth-order valence-electron chi connectivity index (χ4n) is 20.9. The molecular weight excluding hydrogens is 1930 g/mol. The Bertz CT molecular complexity index is 4080. The third kappa shape index (κ3) is 57.5. The van der Waals surface area contributed by atoms with E-state index in [2.05, 4.69) is 102 Å². The largest absolute Gasteiger partial charge is 0.490 e. The van der Waals surface area contributed by atoms with E-state index in [1.165, 1.54) is 492 Å². The predicted octanol–water partition coefficient (Wildman–Crippen LogP) is 48.0. The Morgan fingerprint density at radius 3 is 0.426 bits per heavy atom. The van der Waals surface area contributed by atoms with Gasteiger partial charge in [0.25, 0.3) is 0 Å². The van der Waals surface area contributed by atoms with Crippen molar-refractivity contribution in [1.82, 2.24) is 0 Å². The molecule has 0 saturated heterocycles. The van der Waals surface area contributed by atoms with Crippen LogP contribution < -0.4 is 28.4 Å². The van der Waals surface area contributed by atoms with Crippen LogP contribution in [-0.2, 0) is 0 Å². The zero-order chi connectivity index (χ0) is 104. The molecule has 8 rings (SSSR count). The van der Waals surface area contributed by atoms with E-state index in [1.807, 2.05) is 59.1 Å². The molecule has 0 N–H and O–H groups in total. The van der Waals surface area contributed by atoms with Crippen LogP contribution in [0.5, 0.6) is 34.5 Å². The maximum atomic E-state index is 15.1. The first-order valence-electron chi connectivity index (χ1n) is 63.1. The van der Waals surface area contributed by atoms with Gasteiger partial charge < -0.3 is 28.4 Å². The minimum absolute atomic E-state index is 0.0123. The summed E-state index contributed by atoms with van der Waals surface area (Å²) in [5, 5.41) is 0. The molecule has 8 nitrogen and oxygen atoms in total. The van der Waals surface area contributed by atoms with E-state index in [1.54, 1.807) is 45.3 Å². The average Bonchev–Trinajstić information content (AvgIpc) is 1.53. The van der Waals surface area contributed by atoms with E-state index in [0.29, 0.717) is 95.0 Å². The summed E-state index contributed by atoms with van der Waals surface area (Å²) < 4.78 is 41.0. The van der Waals surface area contributed by atoms with Crippen LogP contribution in [0.4, 0.5) is 0 Å². The zero-order valence-electron chi connectivity index (χ0n) is 95.6. The van der Waals surface area contributed by atoms with Crippen molar-refractivity contribution in [3.05, 3.63) is 118 Å². The van der Waals surface area contributed by atoms with Crippen LogP contribution in [0, 0.1) is 0 Å². The topological polar surface area (TPSA) is 89.5 Å². The number of rotatable bonds is 105. The smallest absolute Gasteiger partial charge is 0.203 e. The second-order valence-electron chi connectivity index (χ2n) is 43.9. The lowest BCUT2D eigenvalue weighted by Gasteiger charge is -2.19. The minimum atomic E-state index is -0.0123. The lowest BCUT2D eigenvalue weighted by molar-refractivity contribution is 0.103. The van der Waals surface area contributed by atoms with Crippen LogP contribution in [0.3, 0.4) is 0 Å². The monoisotopic (exact) mass is 2140 g/mol. The van der Waals surface area contributed by atoms with Crippen molar-refractivity contribution in [2.24, 2.45) is 0 Å². The molecule has 834 valence electrons. The Kier molecular flexibility index (Phi) is 76.0. The highest BCUT2D eigenvalue weighted by Gasteiger charge is 2.26. The van der Waals surface area contributed by atoms with Gasteiger partial charge in [-0.1, -0.05) is 542 Å². The van der Waals surface area contributed by atoms with E-state index >= 15 is 9.59 Å². The number of unbranched alkanes of at least 4 members (excludes halogenated alkanes) is 78. The molecule has 0 aliphatic carbocycles. The van der Waals surface area contributed by atoms with Gasteiger partial charge in [0.2, 0.25) is 23.1 Å². The van der Waals surface area contributed by atoms with Crippen molar-refractivity contribution < 1.29 is 38.0 Å². The Balaban J connectivity index is 0.918. The Morgan fingerprint density at radius 1 is 0.155 bits per heavy atom. The maximum Gasteiger partial charge on any atom is 0.203 e. The molecule has 2 aromatic carbocycles. The highest BCUT2D eigenvalue weighted by Crippen LogP contribution is 2.49. The van der Waals surface area contributed by atoms with Gasteiger partial charge in [-0.25, -0.2) is 0 Å². The Labute approximate surface area is 931 Å². The number of carbonyl (C=O) groups is 2. The maximum absolute atomic E-state index is 15.1. The van der Waals surface area contributed by atoms with Crippen LogP contribution in [-0.4, -0.2) is 51.2 Å². The quantitative estimate of drug-likeness (QED) is 0.0275. The molecule has 148 heavy (non-hydrogen) atoms. The summed E-state index contributed by atoms with van der Waals surface area (Å²) in [6, 6.07) is 34.3. The molecule has 6 aromatic heterocycles. The number of hydrogen-bond acceptors (Lipinski definition) is 14. The van der Waals surface area contributed by atoms with Gasteiger partial charge in [0.15, 0.2) is 23.0 Å².